The molecule has 1 heteroatoms. The lowest BCUT2D eigenvalue weighted by atomic mass is 9.90. The molecule has 0 amide bonds. The average molecular weight is 440 g/mol. The molecular formula is C33H29N. The van der Waals surface area contributed by atoms with E-state index in [2.05, 4.69) is 113 Å². The Morgan fingerprint density at radius 3 is 2.24 bits per heavy atom. The fraction of sp³-hybridized carbons (Fsp3) is 0.182. The molecule has 4 aromatic carbocycles. The van der Waals surface area contributed by atoms with Gasteiger partial charge in [-0.25, -0.2) is 0 Å². The maximum atomic E-state index is 5.16. The number of fused-ring (bicyclic) bond motifs is 4. The summed E-state index contributed by atoms with van der Waals surface area (Å²) in [6.45, 7) is 8.86. The largest absolute Gasteiger partial charge is 0.255 e. The molecule has 0 saturated heterocycles. The fourth-order valence-electron chi connectivity index (χ4n) is 5.38. The molecule has 0 bridgehead atoms. The fourth-order valence-corrected chi connectivity index (χ4v) is 5.38. The van der Waals surface area contributed by atoms with E-state index < -0.39 is 0 Å². The molecule has 1 nitrogen and oxygen atoms in total. The molecule has 0 fully saturated rings. The molecule has 0 radical (unpaired) electrons. The van der Waals surface area contributed by atoms with E-state index in [0.29, 0.717) is 5.92 Å². The van der Waals surface area contributed by atoms with Gasteiger partial charge < -0.3 is 0 Å². The van der Waals surface area contributed by atoms with Crippen LogP contribution in [0, 0.1) is 13.8 Å². The molecule has 1 aromatic heterocycles. The van der Waals surface area contributed by atoms with Crippen LogP contribution < -0.4 is 0 Å². The highest BCUT2D eigenvalue weighted by Crippen LogP contribution is 2.44. The van der Waals surface area contributed by atoms with Crippen LogP contribution in [0.25, 0.3) is 44.3 Å². The zero-order valence-electron chi connectivity index (χ0n) is 20.3. The number of aryl methyl sites for hydroxylation is 2. The first-order valence-electron chi connectivity index (χ1n) is 12.2. The molecule has 0 N–H and O–H groups in total. The van der Waals surface area contributed by atoms with Crippen molar-refractivity contribution in [3.63, 3.8) is 0 Å². The van der Waals surface area contributed by atoms with Crippen LogP contribution in [0.2, 0.25) is 0 Å². The van der Waals surface area contributed by atoms with Crippen LogP contribution in [-0.4, -0.2) is 4.98 Å². The topological polar surface area (TPSA) is 12.9 Å². The van der Waals surface area contributed by atoms with Crippen molar-refractivity contribution in [2.24, 2.45) is 0 Å². The van der Waals surface area contributed by atoms with Gasteiger partial charge in [-0.05, 0) is 82.6 Å². The highest BCUT2D eigenvalue weighted by Gasteiger charge is 2.24. The van der Waals surface area contributed by atoms with Crippen molar-refractivity contribution >= 4 is 10.8 Å². The van der Waals surface area contributed by atoms with Crippen LogP contribution in [0.5, 0.6) is 0 Å². The molecule has 0 aliphatic heterocycles. The first-order chi connectivity index (χ1) is 16.5. The quantitative estimate of drug-likeness (QED) is 0.268. The summed E-state index contributed by atoms with van der Waals surface area (Å²) in [5, 5.41) is 2.51. The van der Waals surface area contributed by atoms with Gasteiger partial charge >= 0.3 is 0 Å². The number of rotatable bonds is 3. The lowest BCUT2D eigenvalue weighted by Gasteiger charge is -2.17. The summed E-state index contributed by atoms with van der Waals surface area (Å²) in [4.78, 5) is 5.16. The van der Waals surface area contributed by atoms with Gasteiger partial charge in [0, 0.05) is 22.7 Å². The van der Waals surface area contributed by atoms with E-state index in [1.165, 1.54) is 66.4 Å². The van der Waals surface area contributed by atoms with Gasteiger partial charge in [0.05, 0.1) is 5.69 Å². The van der Waals surface area contributed by atoms with Crippen molar-refractivity contribution < 1.29 is 0 Å². The molecule has 5 aromatic rings. The van der Waals surface area contributed by atoms with Gasteiger partial charge in [-0.15, -0.1) is 0 Å². The summed E-state index contributed by atoms with van der Waals surface area (Å²) >= 11 is 0. The Morgan fingerprint density at radius 1 is 0.676 bits per heavy atom. The van der Waals surface area contributed by atoms with Crippen LogP contribution in [0.4, 0.5) is 0 Å². The van der Waals surface area contributed by atoms with Gasteiger partial charge in [0.15, 0.2) is 0 Å². The Kier molecular flexibility index (Phi) is 4.88. The second kappa shape index (κ2) is 7.95. The molecule has 166 valence electrons. The van der Waals surface area contributed by atoms with Gasteiger partial charge in [-0.2, -0.15) is 0 Å². The Labute approximate surface area is 202 Å². The van der Waals surface area contributed by atoms with Gasteiger partial charge in [0.1, 0.15) is 0 Å². The van der Waals surface area contributed by atoms with Crippen LogP contribution in [-0.2, 0) is 6.42 Å². The van der Waals surface area contributed by atoms with Crippen molar-refractivity contribution in [1.82, 2.24) is 4.98 Å². The second-order valence-corrected chi connectivity index (χ2v) is 10.0. The summed E-state index contributed by atoms with van der Waals surface area (Å²) in [7, 11) is 0. The van der Waals surface area contributed by atoms with Crippen molar-refractivity contribution in [1.29, 1.82) is 0 Å². The molecule has 0 spiro atoms. The third-order valence-electron chi connectivity index (χ3n) is 7.27. The number of hydrogen-bond donors (Lipinski definition) is 0. The molecule has 0 atom stereocenters. The van der Waals surface area contributed by atoms with E-state index in [4.69, 9.17) is 4.98 Å². The maximum absolute atomic E-state index is 5.16. The van der Waals surface area contributed by atoms with Crippen molar-refractivity contribution in [3.05, 3.63) is 113 Å². The SMILES string of the molecule is Cc1ccc(-c2cnc(-c3cc(C)cc4c3Cc3ccccc3-4)c3cc(C(C)C)ccc23)cc1. The van der Waals surface area contributed by atoms with Crippen LogP contribution >= 0.6 is 0 Å². The monoisotopic (exact) mass is 439 g/mol. The molecule has 1 aliphatic carbocycles. The zero-order valence-corrected chi connectivity index (χ0v) is 20.3. The summed E-state index contributed by atoms with van der Waals surface area (Å²) in [5.74, 6) is 0.466. The van der Waals surface area contributed by atoms with E-state index in [9.17, 15) is 0 Å². The molecular weight excluding hydrogens is 410 g/mol. The first-order valence-corrected chi connectivity index (χ1v) is 12.2. The van der Waals surface area contributed by atoms with Gasteiger partial charge in [0.2, 0.25) is 0 Å². The van der Waals surface area contributed by atoms with Crippen molar-refractivity contribution in [2.45, 2.75) is 40.0 Å². The first kappa shape index (κ1) is 20.9. The lowest BCUT2D eigenvalue weighted by Crippen LogP contribution is -1.97. The van der Waals surface area contributed by atoms with Gasteiger partial charge in [-0.3, -0.25) is 4.98 Å². The minimum absolute atomic E-state index is 0.466. The standard InChI is InChI=1S/C33H29N/c1-20(2)24-13-14-27-31(17-24)33(34-19-32(27)23-11-9-21(3)10-12-23)30-16-22(4)15-28-26-8-6-5-7-25(26)18-29(28)30/h5-17,19-20H,18H2,1-4H3. The minimum atomic E-state index is 0.466. The summed E-state index contributed by atoms with van der Waals surface area (Å²) in [5.41, 5.74) is 14.2. The summed E-state index contributed by atoms with van der Waals surface area (Å²) < 4.78 is 0. The van der Waals surface area contributed by atoms with E-state index in [1.807, 2.05) is 0 Å². The van der Waals surface area contributed by atoms with E-state index >= 15 is 0 Å². The lowest BCUT2D eigenvalue weighted by molar-refractivity contribution is 0.869. The number of pyridine rings is 1. The van der Waals surface area contributed by atoms with E-state index in [1.54, 1.807) is 0 Å². The summed E-state index contributed by atoms with van der Waals surface area (Å²) in [6, 6.07) is 29.2. The smallest absolute Gasteiger partial charge is 0.0784 e. The predicted octanol–water partition coefficient (Wildman–Crippen LogP) is 8.88. The number of hydrogen-bond acceptors (Lipinski definition) is 1. The Hall–Kier alpha value is -3.71. The zero-order chi connectivity index (χ0) is 23.4. The molecule has 34 heavy (non-hydrogen) atoms. The van der Waals surface area contributed by atoms with Crippen LogP contribution in [0.3, 0.4) is 0 Å². The van der Waals surface area contributed by atoms with Gasteiger partial charge in [-0.1, -0.05) is 86.1 Å². The predicted molar refractivity (Wildman–Crippen MR) is 144 cm³/mol. The van der Waals surface area contributed by atoms with Crippen LogP contribution in [0.15, 0.2) is 85.1 Å². The number of benzene rings is 4. The minimum Gasteiger partial charge on any atom is -0.255 e. The van der Waals surface area contributed by atoms with Crippen molar-refractivity contribution in [3.8, 4) is 33.5 Å². The average Bonchev–Trinajstić information content (AvgIpc) is 3.22. The van der Waals surface area contributed by atoms with Crippen LogP contribution in [0.1, 0.15) is 47.6 Å². The molecule has 0 saturated carbocycles. The normalized spacial score (nSPS) is 12.3. The summed E-state index contributed by atoms with van der Waals surface area (Å²) in [6.07, 6.45) is 3.04. The van der Waals surface area contributed by atoms with Gasteiger partial charge in [0.25, 0.3) is 0 Å². The van der Waals surface area contributed by atoms with E-state index in [0.717, 1.165) is 12.1 Å². The third-order valence-corrected chi connectivity index (χ3v) is 7.27. The highest BCUT2D eigenvalue weighted by atomic mass is 14.7. The maximum Gasteiger partial charge on any atom is 0.0784 e. The molecule has 1 heterocycles. The van der Waals surface area contributed by atoms with Crippen molar-refractivity contribution in [2.75, 3.05) is 0 Å². The number of aromatic nitrogens is 1. The molecule has 6 rings (SSSR count). The molecule has 0 unspecified atom stereocenters. The van der Waals surface area contributed by atoms with E-state index in [-0.39, 0.29) is 0 Å². The Balaban J connectivity index is 1.63. The highest BCUT2D eigenvalue weighted by molar-refractivity contribution is 6.04. The number of nitrogens with zero attached hydrogens (tertiary/aromatic N) is 1. The Morgan fingerprint density at radius 2 is 1.44 bits per heavy atom. The Bertz CT molecular complexity index is 1550. The third kappa shape index (κ3) is 3.35. The molecule has 1 aliphatic rings. The second-order valence-electron chi connectivity index (χ2n) is 10.0.